The molecule has 1 rings (SSSR count). The van der Waals surface area contributed by atoms with Crippen LogP contribution in [-0.2, 0) is 14.3 Å². The second-order valence-electron chi connectivity index (χ2n) is 2.21. The molecule has 0 amide bonds. The highest BCUT2D eigenvalue weighted by atomic mass is 16.6. The summed E-state index contributed by atoms with van der Waals surface area (Å²) in [4.78, 5) is 21.8. The van der Waals surface area contributed by atoms with Crippen molar-refractivity contribution in [2.24, 2.45) is 0 Å². The van der Waals surface area contributed by atoms with E-state index in [1.54, 1.807) is 13.0 Å². The molecule has 0 fully saturated rings. The fourth-order valence-electron chi connectivity index (χ4n) is 0.932. The lowest BCUT2D eigenvalue weighted by Gasteiger charge is -1.86. The molecule has 12 heavy (non-hydrogen) atoms. The van der Waals surface area contributed by atoms with E-state index < -0.39 is 11.9 Å². The number of allylic oxidation sites excluding steroid dienone is 1. The number of hydrogen-bond acceptors (Lipinski definition) is 3. The van der Waals surface area contributed by atoms with Gasteiger partial charge in [0.05, 0.1) is 11.1 Å². The molecule has 0 atom stereocenters. The summed E-state index contributed by atoms with van der Waals surface area (Å²) in [6, 6.07) is 0. The van der Waals surface area contributed by atoms with Crippen LogP contribution in [0.15, 0.2) is 36.0 Å². The quantitative estimate of drug-likeness (QED) is 0.454. The van der Waals surface area contributed by atoms with E-state index in [0.717, 1.165) is 0 Å². The third kappa shape index (κ3) is 1.21. The zero-order chi connectivity index (χ0) is 9.14. The zero-order valence-corrected chi connectivity index (χ0v) is 6.66. The molecule has 0 aromatic carbocycles. The Hall–Kier alpha value is -1.64. The van der Waals surface area contributed by atoms with Crippen molar-refractivity contribution in [3.63, 3.8) is 0 Å². The first-order chi connectivity index (χ1) is 5.70. The minimum Gasteiger partial charge on any atom is -0.386 e. The van der Waals surface area contributed by atoms with Crippen LogP contribution in [0.2, 0.25) is 0 Å². The summed E-state index contributed by atoms with van der Waals surface area (Å²) in [6.07, 6.45) is 4.52. The van der Waals surface area contributed by atoms with Gasteiger partial charge in [-0.2, -0.15) is 0 Å². The zero-order valence-electron chi connectivity index (χ0n) is 6.66. The van der Waals surface area contributed by atoms with Gasteiger partial charge in [0.15, 0.2) is 0 Å². The Morgan fingerprint density at radius 2 is 1.83 bits per heavy atom. The van der Waals surface area contributed by atoms with E-state index in [4.69, 9.17) is 0 Å². The van der Waals surface area contributed by atoms with Gasteiger partial charge in [-0.3, -0.25) is 0 Å². The second kappa shape index (κ2) is 3.17. The maximum atomic E-state index is 10.9. The first-order valence-electron chi connectivity index (χ1n) is 3.46. The highest BCUT2D eigenvalue weighted by molar-refractivity contribution is 6.15. The molecule has 0 saturated heterocycles. The monoisotopic (exact) mass is 164 g/mol. The van der Waals surface area contributed by atoms with Crippen LogP contribution in [0.4, 0.5) is 0 Å². The van der Waals surface area contributed by atoms with Crippen molar-refractivity contribution in [3.8, 4) is 0 Å². The first kappa shape index (κ1) is 8.46. The number of cyclic esters (lactones) is 2. The molecule has 1 aliphatic heterocycles. The van der Waals surface area contributed by atoms with Crippen LogP contribution in [0, 0.1) is 0 Å². The predicted molar refractivity (Wildman–Crippen MR) is 43.1 cm³/mol. The maximum Gasteiger partial charge on any atom is 0.346 e. The van der Waals surface area contributed by atoms with Gasteiger partial charge in [0.2, 0.25) is 0 Å². The minimum absolute atomic E-state index is 0.234. The van der Waals surface area contributed by atoms with Crippen LogP contribution in [0.1, 0.15) is 6.92 Å². The van der Waals surface area contributed by atoms with Crippen LogP contribution in [-0.4, -0.2) is 11.9 Å². The summed E-state index contributed by atoms with van der Waals surface area (Å²) >= 11 is 0. The first-order valence-corrected chi connectivity index (χ1v) is 3.46. The van der Waals surface area contributed by atoms with Crippen LogP contribution < -0.4 is 0 Å². The molecule has 1 heterocycles. The van der Waals surface area contributed by atoms with Gasteiger partial charge >= 0.3 is 11.9 Å². The minimum atomic E-state index is -0.622. The molecule has 0 radical (unpaired) electrons. The summed E-state index contributed by atoms with van der Waals surface area (Å²) in [5.74, 6) is -1.23. The molecule has 0 aliphatic carbocycles. The highest BCUT2D eigenvalue weighted by Crippen LogP contribution is 2.18. The molecule has 0 unspecified atom stereocenters. The summed E-state index contributed by atoms with van der Waals surface area (Å²) < 4.78 is 4.36. The number of carbonyl (C=O) groups is 2. The lowest BCUT2D eigenvalue weighted by molar-refractivity contribution is -0.150. The number of rotatable bonds is 2. The number of ether oxygens (including phenoxy) is 1. The molecule has 0 aromatic heterocycles. The molecular formula is C9H8O3. The molecule has 3 heteroatoms. The van der Waals surface area contributed by atoms with E-state index in [2.05, 4.69) is 11.3 Å². The van der Waals surface area contributed by atoms with E-state index in [9.17, 15) is 9.59 Å². The molecular weight excluding hydrogens is 156 g/mol. The van der Waals surface area contributed by atoms with Crippen molar-refractivity contribution in [2.45, 2.75) is 6.92 Å². The maximum absolute atomic E-state index is 10.9. The number of carbonyl (C=O) groups excluding carboxylic acids is 2. The van der Waals surface area contributed by atoms with Crippen molar-refractivity contribution in [3.05, 3.63) is 36.0 Å². The van der Waals surface area contributed by atoms with Gasteiger partial charge in [0.1, 0.15) is 0 Å². The van der Waals surface area contributed by atoms with Crippen molar-refractivity contribution in [2.75, 3.05) is 0 Å². The molecule has 0 N–H and O–H groups in total. The van der Waals surface area contributed by atoms with Crippen molar-refractivity contribution in [1.29, 1.82) is 0 Å². The Labute approximate surface area is 70.0 Å². The van der Waals surface area contributed by atoms with Gasteiger partial charge in [0.25, 0.3) is 0 Å². The van der Waals surface area contributed by atoms with Crippen molar-refractivity contribution >= 4 is 11.9 Å². The van der Waals surface area contributed by atoms with E-state index in [-0.39, 0.29) is 11.1 Å². The summed E-state index contributed by atoms with van der Waals surface area (Å²) in [6.45, 7) is 5.17. The second-order valence-corrected chi connectivity index (χ2v) is 2.21. The molecule has 1 aliphatic rings. The van der Waals surface area contributed by atoms with Gasteiger partial charge in [-0.1, -0.05) is 24.8 Å². The average molecular weight is 164 g/mol. The van der Waals surface area contributed by atoms with Crippen LogP contribution in [0.5, 0.6) is 0 Å². The summed E-state index contributed by atoms with van der Waals surface area (Å²) in [7, 11) is 0. The van der Waals surface area contributed by atoms with Crippen LogP contribution in [0.25, 0.3) is 0 Å². The van der Waals surface area contributed by atoms with Crippen LogP contribution >= 0.6 is 0 Å². The normalized spacial score (nSPS) is 17.4. The lowest BCUT2D eigenvalue weighted by atomic mass is 10.1. The van der Waals surface area contributed by atoms with Crippen molar-refractivity contribution < 1.29 is 14.3 Å². The summed E-state index contributed by atoms with van der Waals surface area (Å²) in [5, 5.41) is 0. The smallest absolute Gasteiger partial charge is 0.346 e. The third-order valence-corrected chi connectivity index (χ3v) is 1.45. The topological polar surface area (TPSA) is 43.4 Å². The number of esters is 2. The highest BCUT2D eigenvalue weighted by Gasteiger charge is 2.28. The largest absolute Gasteiger partial charge is 0.386 e. The standard InChI is InChI=1S/C9H8O3/c1-3-5-7-6(4-2)8(10)12-9(7)11/h3-5H,2H2,1H3/b5-3-. The van der Waals surface area contributed by atoms with Crippen LogP contribution in [0.3, 0.4) is 0 Å². The third-order valence-electron chi connectivity index (χ3n) is 1.45. The van der Waals surface area contributed by atoms with Gasteiger partial charge in [-0.05, 0) is 6.92 Å². The van der Waals surface area contributed by atoms with Gasteiger partial charge in [0, 0.05) is 0 Å². The number of hydrogen-bond donors (Lipinski definition) is 0. The summed E-state index contributed by atoms with van der Waals surface area (Å²) in [5.41, 5.74) is 0.510. The molecule has 0 saturated carbocycles. The van der Waals surface area contributed by atoms with E-state index in [1.165, 1.54) is 12.2 Å². The Bertz CT molecular complexity index is 308. The Morgan fingerprint density at radius 1 is 1.25 bits per heavy atom. The Balaban J connectivity index is 3.18. The molecule has 0 aromatic rings. The fraction of sp³-hybridized carbons (Fsp3) is 0.111. The molecule has 0 spiro atoms. The Kier molecular flexibility index (Phi) is 2.24. The molecule has 3 nitrogen and oxygen atoms in total. The fourth-order valence-corrected chi connectivity index (χ4v) is 0.932. The SMILES string of the molecule is C=CC1=C(/C=C\C)C(=O)OC1=O. The Morgan fingerprint density at radius 3 is 2.33 bits per heavy atom. The van der Waals surface area contributed by atoms with E-state index in [1.807, 2.05) is 0 Å². The molecule has 62 valence electrons. The van der Waals surface area contributed by atoms with Gasteiger partial charge < -0.3 is 4.74 Å². The van der Waals surface area contributed by atoms with E-state index >= 15 is 0 Å². The van der Waals surface area contributed by atoms with Gasteiger partial charge in [-0.15, -0.1) is 0 Å². The molecule has 0 bridgehead atoms. The van der Waals surface area contributed by atoms with Crippen molar-refractivity contribution in [1.82, 2.24) is 0 Å². The van der Waals surface area contributed by atoms with Gasteiger partial charge in [-0.25, -0.2) is 9.59 Å². The average Bonchev–Trinajstić information content (AvgIpc) is 2.28. The van der Waals surface area contributed by atoms with E-state index in [0.29, 0.717) is 0 Å². The lowest BCUT2D eigenvalue weighted by Crippen LogP contribution is -2.01. The predicted octanol–water partition coefficient (Wildman–Crippen LogP) is 1.13.